The Hall–Kier alpha value is -2.55. The van der Waals surface area contributed by atoms with Gasteiger partial charge in [-0.2, -0.15) is 0 Å². The van der Waals surface area contributed by atoms with Gasteiger partial charge in [0.15, 0.2) is 5.13 Å². The third-order valence-electron chi connectivity index (χ3n) is 4.44. The molecule has 0 radical (unpaired) electrons. The number of carbonyl (C=O) groups is 2. The summed E-state index contributed by atoms with van der Waals surface area (Å²) in [5.41, 5.74) is 6.07. The Morgan fingerprint density at radius 3 is 2.80 bits per heavy atom. The fraction of sp³-hybridized carbons (Fsp3) is 0.438. The SMILES string of the molecule is Cc1nccc(-c2sc(NC(=O)N3CCC[C@@]3(C)C(N)=O)nc2C)n1. The van der Waals surface area contributed by atoms with E-state index in [0.29, 0.717) is 23.9 Å². The Morgan fingerprint density at radius 2 is 2.12 bits per heavy atom. The van der Waals surface area contributed by atoms with Crippen molar-refractivity contribution in [2.24, 2.45) is 5.73 Å². The standard InChI is InChI=1S/C16H20N6O2S/c1-9-12(11-5-7-18-10(2)20-11)25-14(19-9)21-15(24)22-8-4-6-16(22,3)13(17)23/h5,7H,4,6,8H2,1-3H3,(H2,17,23)(H,19,21,24)/t16-/m0/s1. The van der Waals surface area contributed by atoms with Gasteiger partial charge < -0.3 is 10.6 Å². The van der Waals surface area contributed by atoms with Crippen LogP contribution in [0.4, 0.5) is 9.93 Å². The highest BCUT2D eigenvalue weighted by atomic mass is 32.1. The molecule has 9 heteroatoms. The number of aromatic nitrogens is 3. The highest BCUT2D eigenvalue weighted by Crippen LogP contribution is 2.33. The molecular weight excluding hydrogens is 340 g/mol. The Labute approximate surface area is 149 Å². The lowest BCUT2D eigenvalue weighted by Gasteiger charge is -2.31. The van der Waals surface area contributed by atoms with Crippen LogP contribution in [0, 0.1) is 13.8 Å². The summed E-state index contributed by atoms with van der Waals surface area (Å²) in [6, 6.07) is 1.45. The summed E-state index contributed by atoms with van der Waals surface area (Å²) in [7, 11) is 0. The maximum Gasteiger partial charge on any atom is 0.324 e. The minimum Gasteiger partial charge on any atom is -0.368 e. The minimum atomic E-state index is -0.955. The number of anilines is 1. The van der Waals surface area contributed by atoms with Gasteiger partial charge in [-0.25, -0.2) is 19.7 Å². The number of urea groups is 1. The largest absolute Gasteiger partial charge is 0.368 e. The van der Waals surface area contributed by atoms with Gasteiger partial charge in [-0.05, 0) is 39.7 Å². The van der Waals surface area contributed by atoms with E-state index in [4.69, 9.17) is 5.73 Å². The molecule has 1 atom stereocenters. The van der Waals surface area contributed by atoms with Gasteiger partial charge in [0.2, 0.25) is 5.91 Å². The first-order valence-corrected chi connectivity index (χ1v) is 8.79. The zero-order valence-electron chi connectivity index (χ0n) is 14.4. The zero-order chi connectivity index (χ0) is 18.2. The average Bonchev–Trinajstić information content (AvgIpc) is 3.11. The number of hydrogen-bond donors (Lipinski definition) is 2. The molecule has 0 bridgehead atoms. The number of aryl methyl sites for hydroxylation is 2. The van der Waals surface area contributed by atoms with Crippen molar-refractivity contribution in [3.05, 3.63) is 23.8 Å². The van der Waals surface area contributed by atoms with Gasteiger partial charge in [0.05, 0.1) is 16.3 Å². The highest BCUT2D eigenvalue weighted by molar-refractivity contribution is 7.19. The molecule has 25 heavy (non-hydrogen) atoms. The van der Waals surface area contributed by atoms with E-state index in [1.165, 1.54) is 16.2 Å². The first-order valence-electron chi connectivity index (χ1n) is 7.97. The summed E-state index contributed by atoms with van der Waals surface area (Å²) >= 11 is 1.34. The molecule has 1 saturated heterocycles. The number of nitrogens with two attached hydrogens (primary N) is 1. The molecule has 0 aromatic carbocycles. The number of amides is 3. The third-order valence-corrected chi connectivity index (χ3v) is 5.53. The molecule has 2 aromatic rings. The van der Waals surface area contributed by atoms with Crippen LogP contribution in [-0.4, -0.2) is 43.9 Å². The lowest BCUT2D eigenvalue weighted by Crippen LogP contribution is -2.55. The predicted molar refractivity (Wildman–Crippen MR) is 95.2 cm³/mol. The summed E-state index contributed by atoms with van der Waals surface area (Å²) in [5, 5.41) is 3.25. The molecule has 1 aliphatic rings. The Kier molecular flexibility index (Phi) is 4.42. The lowest BCUT2D eigenvalue weighted by atomic mass is 9.98. The topological polar surface area (TPSA) is 114 Å². The van der Waals surface area contributed by atoms with Crippen LogP contribution in [-0.2, 0) is 4.79 Å². The second-order valence-corrected chi connectivity index (χ2v) is 7.25. The van der Waals surface area contributed by atoms with E-state index in [0.717, 1.165) is 22.7 Å². The molecule has 3 heterocycles. The Morgan fingerprint density at radius 1 is 1.36 bits per heavy atom. The number of primary amides is 1. The van der Waals surface area contributed by atoms with Crippen molar-refractivity contribution in [1.82, 2.24) is 19.9 Å². The van der Waals surface area contributed by atoms with Crippen LogP contribution >= 0.6 is 11.3 Å². The van der Waals surface area contributed by atoms with Crippen LogP contribution < -0.4 is 11.1 Å². The van der Waals surface area contributed by atoms with E-state index in [-0.39, 0.29) is 6.03 Å². The highest BCUT2D eigenvalue weighted by Gasteiger charge is 2.44. The molecule has 3 N–H and O–H groups in total. The van der Waals surface area contributed by atoms with Gasteiger partial charge in [-0.15, -0.1) is 0 Å². The fourth-order valence-electron chi connectivity index (χ4n) is 2.97. The zero-order valence-corrected chi connectivity index (χ0v) is 15.2. The molecule has 2 aromatic heterocycles. The van der Waals surface area contributed by atoms with E-state index in [2.05, 4.69) is 20.3 Å². The molecule has 0 unspecified atom stereocenters. The Balaban J connectivity index is 1.81. The number of rotatable bonds is 3. The summed E-state index contributed by atoms with van der Waals surface area (Å²) in [4.78, 5) is 39.6. The van der Waals surface area contributed by atoms with Gasteiger partial charge in [0.25, 0.3) is 0 Å². The van der Waals surface area contributed by atoms with E-state index in [1.54, 1.807) is 13.1 Å². The Bertz CT molecular complexity index is 836. The van der Waals surface area contributed by atoms with Crippen LogP contribution in [0.15, 0.2) is 12.3 Å². The maximum atomic E-state index is 12.6. The summed E-state index contributed by atoms with van der Waals surface area (Å²) in [6.07, 6.45) is 3.00. The minimum absolute atomic E-state index is 0.363. The summed E-state index contributed by atoms with van der Waals surface area (Å²) in [6.45, 7) is 5.88. The van der Waals surface area contributed by atoms with Gasteiger partial charge in [-0.3, -0.25) is 10.1 Å². The van der Waals surface area contributed by atoms with Crippen molar-refractivity contribution in [3.8, 4) is 10.6 Å². The van der Waals surface area contributed by atoms with Gasteiger partial charge in [0, 0.05) is 12.7 Å². The second-order valence-electron chi connectivity index (χ2n) is 6.25. The molecule has 3 amide bonds. The van der Waals surface area contributed by atoms with Crippen molar-refractivity contribution in [2.45, 2.75) is 39.2 Å². The predicted octanol–water partition coefficient (Wildman–Crippen LogP) is 2.09. The number of hydrogen-bond acceptors (Lipinski definition) is 6. The number of carbonyl (C=O) groups excluding carboxylic acids is 2. The van der Waals surface area contributed by atoms with Crippen LogP contribution in [0.1, 0.15) is 31.3 Å². The average molecular weight is 360 g/mol. The van der Waals surface area contributed by atoms with Gasteiger partial charge in [-0.1, -0.05) is 11.3 Å². The molecular formula is C16H20N6O2S. The summed E-state index contributed by atoms with van der Waals surface area (Å²) in [5.74, 6) is 0.179. The molecule has 0 aliphatic carbocycles. The van der Waals surface area contributed by atoms with E-state index in [1.807, 2.05) is 19.9 Å². The maximum absolute atomic E-state index is 12.6. The van der Waals surface area contributed by atoms with Crippen molar-refractivity contribution >= 4 is 28.4 Å². The molecule has 0 spiro atoms. The molecule has 0 saturated carbocycles. The van der Waals surface area contributed by atoms with Gasteiger partial charge in [0.1, 0.15) is 11.4 Å². The fourth-order valence-corrected chi connectivity index (χ4v) is 3.90. The van der Waals surface area contributed by atoms with Crippen LogP contribution in [0.5, 0.6) is 0 Å². The smallest absolute Gasteiger partial charge is 0.324 e. The van der Waals surface area contributed by atoms with E-state index >= 15 is 0 Å². The van der Waals surface area contributed by atoms with Crippen molar-refractivity contribution in [3.63, 3.8) is 0 Å². The van der Waals surface area contributed by atoms with Crippen LogP contribution in [0.25, 0.3) is 10.6 Å². The molecule has 8 nitrogen and oxygen atoms in total. The summed E-state index contributed by atoms with van der Waals surface area (Å²) < 4.78 is 0. The van der Waals surface area contributed by atoms with Crippen LogP contribution in [0.2, 0.25) is 0 Å². The second kappa shape index (κ2) is 6.40. The number of likely N-dealkylation sites (tertiary alicyclic amines) is 1. The number of nitrogens with one attached hydrogen (secondary N) is 1. The van der Waals surface area contributed by atoms with Gasteiger partial charge >= 0.3 is 6.03 Å². The monoisotopic (exact) mass is 360 g/mol. The van der Waals surface area contributed by atoms with Crippen molar-refractivity contribution in [2.75, 3.05) is 11.9 Å². The molecule has 1 fully saturated rings. The number of thiazole rings is 1. The molecule has 1 aliphatic heterocycles. The molecule has 3 rings (SSSR count). The molecule has 132 valence electrons. The van der Waals surface area contributed by atoms with E-state index < -0.39 is 11.4 Å². The van der Waals surface area contributed by atoms with Crippen LogP contribution in [0.3, 0.4) is 0 Å². The quantitative estimate of drug-likeness (QED) is 0.870. The first-order chi connectivity index (χ1) is 11.8. The number of nitrogens with zero attached hydrogens (tertiary/aromatic N) is 4. The first kappa shape index (κ1) is 17.3. The van der Waals surface area contributed by atoms with Crippen molar-refractivity contribution in [1.29, 1.82) is 0 Å². The normalized spacial score (nSPS) is 19.9. The van der Waals surface area contributed by atoms with E-state index in [9.17, 15) is 9.59 Å². The lowest BCUT2D eigenvalue weighted by molar-refractivity contribution is -0.126. The third kappa shape index (κ3) is 3.19. The van der Waals surface area contributed by atoms with Crippen molar-refractivity contribution < 1.29 is 9.59 Å².